The van der Waals surface area contributed by atoms with Crippen LogP contribution in [0.5, 0.6) is 0 Å². The van der Waals surface area contributed by atoms with Crippen LogP contribution in [-0.2, 0) is 19.1 Å². The average molecular weight is 778 g/mol. The number of rotatable bonds is 12. The molecule has 4 atom stereocenters. The van der Waals surface area contributed by atoms with Gasteiger partial charge in [-0.05, 0) is 48.6 Å². The summed E-state index contributed by atoms with van der Waals surface area (Å²) >= 11 is 13.4. The third kappa shape index (κ3) is 7.97. The lowest BCUT2D eigenvalue weighted by Gasteiger charge is -2.29. The molecule has 2 saturated heterocycles. The van der Waals surface area contributed by atoms with Gasteiger partial charge in [-0.3, -0.25) is 14.4 Å². The average Bonchev–Trinajstić information content (AvgIpc) is 3.99. The summed E-state index contributed by atoms with van der Waals surface area (Å²) in [6.07, 6.45) is 3.02. The van der Waals surface area contributed by atoms with Crippen LogP contribution in [-0.4, -0.2) is 86.3 Å². The van der Waals surface area contributed by atoms with E-state index in [1.807, 2.05) is 76.2 Å². The van der Waals surface area contributed by atoms with Crippen molar-refractivity contribution >= 4 is 47.5 Å². The van der Waals surface area contributed by atoms with Gasteiger partial charge in [-0.1, -0.05) is 99.4 Å². The predicted octanol–water partition coefficient (Wildman–Crippen LogP) is 6.92. The van der Waals surface area contributed by atoms with Crippen LogP contribution in [0.25, 0.3) is 33.6 Å². The van der Waals surface area contributed by atoms with Crippen molar-refractivity contribution in [3.05, 3.63) is 70.5 Å². The summed E-state index contributed by atoms with van der Waals surface area (Å²) < 4.78 is 4.75. The molecule has 13 nitrogen and oxygen atoms in total. The number of carbonyl (C=O) groups is 4. The fourth-order valence-electron chi connectivity index (χ4n) is 7.39. The first-order chi connectivity index (χ1) is 25.9. The normalized spacial score (nSPS) is 18.2. The highest BCUT2D eigenvalue weighted by Gasteiger charge is 2.39. The smallest absolute Gasteiger partial charge is 0.407 e. The Balaban J connectivity index is 1.15. The maximum absolute atomic E-state index is 13.6. The molecule has 15 heteroatoms. The maximum atomic E-state index is 13.6. The third-order valence-corrected chi connectivity index (χ3v) is 10.8. The summed E-state index contributed by atoms with van der Waals surface area (Å²) in [6, 6.07) is 14.0. The lowest BCUT2D eigenvalue weighted by atomic mass is 10.0. The maximum Gasteiger partial charge on any atom is 0.407 e. The van der Waals surface area contributed by atoms with Crippen LogP contribution in [0.3, 0.4) is 0 Å². The minimum Gasteiger partial charge on any atom is -0.453 e. The lowest BCUT2D eigenvalue weighted by Crippen LogP contribution is -2.51. The predicted molar refractivity (Wildman–Crippen MR) is 206 cm³/mol. The van der Waals surface area contributed by atoms with Crippen molar-refractivity contribution < 1.29 is 23.9 Å². The number of nitrogens with one attached hydrogen (secondary N) is 4. The molecule has 2 aromatic heterocycles. The molecule has 0 spiro atoms. The number of hydrogen-bond acceptors (Lipinski definition) is 7. The first kappa shape index (κ1) is 38.8. The van der Waals surface area contributed by atoms with Crippen LogP contribution < -0.4 is 10.6 Å². The van der Waals surface area contributed by atoms with Gasteiger partial charge in [-0.2, -0.15) is 0 Å². The third-order valence-electron chi connectivity index (χ3n) is 10.3. The molecule has 2 aliphatic heterocycles. The van der Waals surface area contributed by atoms with Crippen LogP contribution in [0.4, 0.5) is 4.79 Å². The van der Waals surface area contributed by atoms with E-state index < -0.39 is 18.2 Å². The van der Waals surface area contributed by atoms with Gasteiger partial charge in [0.15, 0.2) is 0 Å². The molecule has 4 N–H and O–H groups in total. The second-order valence-electron chi connectivity index (χ2n) is 14.5. The molecule has 4 heterocycles. The second-order valence-corrected chi connectivity index (χ2v) is 15.2. The van der Waals surface area contributed by atoms with E-state index in [0.717, 1.165) is 47.9 Å². The molecule has 4 aromatic rings. The van der Waals surface area contributed by atoms with Crippen LogP contribution >= 0.6 is 23.2 Å². The summed E-state index contributed by atoms with van der Waals surface area (Å²) in [5, 5.41) is 6.12. The summed E-state index contributed by atoms with van der Waals surface area (Å²) in [4.78, 5) is 69.7. The van der Waals surface area contributed by atoms with Gasteiger partial charge < -0.3 is 35.1 Å². The molecule has 54 heavy (non-hydrogen) atoms. The standard InChI is InChI=1S/C39H46Cl2N8O5/c1-21(2)29(42-20-50)37(51)48-18-6-8-27(48)35-43-31(33(40)46-35)25-14-10-23(11-15-25)24-12-16-26(17-13-24)32-34(41)47-36(44-32)28-9-7-19-49(28)38(52)30(22(3)4)45-39(53)54-5/h10-17,20-22,27-30H,6-9,18-19H2,1-5H3,(H,42,50)(H,43,46)(H,44,47)(H,45,53)/t27-,28-,29-,30-/m0/s1. The molecule has 0 saturated carbocycles. The Kier molecular flexibility index (Phi) is 12.0. The minimum absolute atomic E-state index is 0.0557. The Hall–Kier alpha value is -4.88. The van der Waals surface area contributed by atoms with Gasteiger partial charge in [-0.25, -0.2) is 14.8 Å². The van der Waals surface area contributed by atoms with Crippen molar-refractivity contribution in [2.75, 3.05) is 20.2 Å². The van der Waals surface area contributed by atoms with Crippen LogP contribution in [0.2, 0.25) is 10.3 Å². The molecule has 2 fully saturated rings. The van der Waals surface area contributed by atoms with Crippen LogP contribution in [0, 0.1) is 11.8 Å². The monoisotopic (exact) mass is 776 g/mol. The number of amides is 4. The van der Waals surface area contributed by atoms with Crippen molar-refractivity contribution in [1.82, 2.24) is 40.4 Å². The van der Waals surface area contributed by atoms with Gasteiger partial charge in [0, 0.05) is 24.2 Å². The van der Waals surface area contributed by atoms with E-state index in [-0.39, 0.29) is 35.7 Å². The van der Waals surface area contributed by atoms with E-state index in [1.54, 1.807) is 9.80 Å². The first-order valence-electron chi connectivity index (χ1n) is 18.3. The number of likely N-dealkylation sites (tertiary alicyclic amines) is 2. The number of halogens is 2. The fourth-order valence-corrected chi connectivity index (χ4v) is 7.88. The van der Waals surface area contributed by atoms with E-state index in [9.17, 15) is 19.2 Å². The Morgan fingerprint density at radius 3 is 1.54 bits per heavy atom. The van der Waals surface area contributed by atoms with Crippen molar-refractivity contribution in [2.24, 2.45) is 11.8 Å². The number of imidazole rings is 2. The first-order valence-corrected chi connectivity index (χ1v) is 19.0. The number of nitrogens with zero attached hydrogens (tertiary/aromatic N) is 4. The van der Waals surface area contributed by atoms with Gasteiger partial charge in [-0.15, -0.1) is 0 Å². The fraction of sp³-hybridized carbons (Fsp3) is 0.436. The van der Waals surface area contributed by atoms with Crippen LogP contribution in [0.15, 0.2) is 48.5 Å². The Bertz CT molecular complexity index is 1980. The zero-order valence-electron chi connectivity index (χ0n) is 31.0. The molecule has 0 radical (unpaired) electrons. The van der Waals surface area contributed by atoms with Gasteiger partial charge >= 0.3 is 6.09 Å². The largest absolute Gasteiger partial charge is 0.453 e. The number of aromatic amines is 2. The molecule has 4 amide bonds. The van der Waals surface area contributed by atoms with Crippen molar-refractivity contribution in [2.45, 2.75) is 77.5 Å². The number of ether oxygens (including phenoxy) is 1. The van der Waals surface area contributed by atoms with Crippen molar-refractivity contribution in [1.29, 1.82) is 0 Å². The van der Waals surface area contributed by atoms with Crippen molar-refractivity contribution in [3.63, 3.8) is 0 Å². The number of alkyl carbamates (subject to hydrolysis) is 1. The zero-order valence-corrected chi connectivity index (χ0v) is 32.5. The highest BCUT2D eigenvalue weighted by atomic mass is 35.5. The zero-order chi connectivity index (χ0) is 38.7. The second kappa shape index (κ2) is 16.6. The molecular weight excluding hydrogens is 731 g/mol. The molecule has 286 valence electrons. The summed E-state index contributed by atoms with van der Waals surface area (Å²) in [5.41, 5.74) is 4.82. The van der Waals surface area contributed by atoms with Gasteiger partial charge in [0.05, 0.1) is 19.2 Å². The molecule has 0 aliphatic carbocycles. The summed E-state index contributed by atoms with van der Waals surface area (Å²) in [6.45, 7) is 8.70. The Morgan fingerprint density at radius 1 is 0.741 bits per heavy atom. The SMILES string of the molecule is COC(=O)N[C@H](C(=O)N1CCC[C@H]1c1nc(-c2ccc(-c3ccc(-c4nc([C@@H]5CCCN5C(=O)[C@@H](NC=O)C(C)C)[nH]c4Cl)cc3)cc2)c(Cl)[nH]1)C(C)C. The van der Waals surface area contributed by atoms with E-state index in [1.165, 1.54) is 7.11 Å². The topological polar surface area (TPSA) is 165 Å². The van der Waals surface area contributed by atoms with Gasteiger partial charge in [0.2, 0.25) is 18.2 Å². The molecule has 2 aliphatic rings. The number of benzene rings is 2. The van der Waals surface area contributed by atoms with Crippen molar-refractivity contribution in [3.8, 4) is 33.6 Å². The van der Waals surface area contributed by atoms with E-state index in [2.05, 4.69) is 20.6 Å². The highest BCUT2D eigenvalue weighted by molar-refractivity contribution is 6.32. The number of hydrogen-bond donors (Lipinski definition) is 4. The van der Waals surface area contributed by atoms with E-state index in [0.29, 0.717) is 52.8 Å². The molecular formula is C39H46Cl2N8O5. The summed E-state index contributed by atoms with van der Waals surface area (Å²) in [7, 11) is 1.27. The molecule has 6 rings (SSSR count). The summed E-state index contributed by atoms with van der Waals surface area (Å²) in [5.74, 6) is 0.717. The number of H-pyrrole nitrogens is 2. The number of carbonyl (C=O) groups excluding carboxylic acids is 4. The Labute approximate surface area is 324 Å². The minimum atomic E-state index is -0.727. The van der Waals surface area contributed by atoms with Gasteiger partial charge in [0.1, 0.15) is 45.4 Å². The van der Waals surface area contributed by atoms with Crippen LogP contribution in [0.1, 0.15) is 77.1 Å². The molecule has 0 unspecified atom stereocenters. The number of aromatic nitrogens is 4. The van der Waals surface area contributed by atoms with Gasteiger partial charge in [0.25, 0.3) is 0 Å². The lowest BCUT2D eigenvalue weighted by molar-refractivity contribution is -0.137. The molecule has 0 bridgehead atoms. The Morgan fingerprint density at radius 2 is 1.15 bits per heavy atom. The quantitative estimate of drug-likeness (QED) is 0.113. The van der Waals surface area contributed by atoms with E-state index in [4.69, 9.17) is 37.9 Å². The highest BCUT2D eigenvalue weighted by Crippen LogP contribution is 2.38. The number of methoxy groups -OCH3 is 1. The molecule has 2 aromatic carbocycles. The van der Waals surface area contributed by atoms with E-state index >= 15 is 0 Å².